The van der Waals surface area contributed by atoms with E-state index in [1.807, 2.05) is 30.3 Å². The van der Waals surface area contributed by atoms with Gasteiger partial charge in [-0.3, -0.25) is 9.69 Å². The quantitative estimate of drug-likeness (QED) is 0.323. The number of nitrogens with one attached hydrogen (secondary N) is 2. The first-order valence-corrected chi connectivity index (χ1v) is 11.6. The Kier molecular flexibility index (Phi) is 11.1. The van der Waals surface area contributed by atoms with Gasteiger partial charge in [-0.25, -0.2) is 4.79 Å². The molecule has 174 valence electrons. The summed E-state index contributed by atoms with van der Waals surface area (Å²) in [5, 5.41) is 16.2. The molecule has 0 aliphatic rings. The molecular formula is C23H28Cl3N3O3. The van der Waals surface area contributed by atoms with E-state index in [0.717, 1.165) is 24.1 Å². The second-order valence-corrected chi connectivity index (χ2v) is 8.72. The Morgan fingerprint density at radius 3 is 2.31 bits per heavy atom. The van der Waals surface area contributed by atoms with Crippen LogP contribution >= 0.6 is 34.8 Å². The van der Waals surface area contributed by atoms with Gasteiger partial charge < -0.3 is 15.7 Å². The second-order valence-electron chi connectivity index (χ2n) is 7.47. The lowest BCUT2D eigenvalue weighted by Gasteiger charge is -2.29. The third-order valence-corrected chi connectivity index (χ3v) is 6.07. The molecule has 2 rings (SSSR count). The minimum Gasteiger partial charge on any atom is -0.481 e. The highest BCUT2D eigenvalue weighted by Gasteiger charge is 2.16. The topological polar surface area (TPSA) is 81.7 Å². The number of aliphatic carboxylic acids is 1. The number of carboxylic acid groups (broad SMARTS) is 1. The van der Waals surface area contributed by atoms with Crippen molar-refractivity contribution in [3.05, 3.63) is 68.7 Å². The number of carbonyl (C=O) groups excluding carboxylic acids is 1. The first-order valence-electron chi connectivity index (χ1n) is 10.4. The highest BCUT2D eigenvalue weighted by Crippen LogP contribution is 2.23. The number of halogens is 3. The summed E-state index contributed by atoms with van der Waals surface area (Å²) in [5.74, 6) is -0.801. The van der Waals surface area contributed by atoms with Crippen LogP contribution in [0.15, 0.2) is 42.5 Å². The Morgan fingerprint density at radius 1 is 0.969 bits per heavy atom. The van der Waals surface area contributed by atoms with Crippen molar-refractivity contribution in [2.45, 2.75) is 38.8 Å². The minimum atomic E-state index is -0.801. The van der Waals surface area contributed by atoms with Gasteiger partial charge in [-0.2, -0.15) is 0 Å². The molecule has 9 heteroatoms. The monoisotopic (exact) mass is 499 g/mol. The summed E-state index contributed by atoms with van der Waals surface area (Å²) in [6, 6.07) is 12.7. The molecule has 1 unspecified atom stereocenters. The molecule has 0 heterocycles. The predicted molar refractivity (Wildman–Crippen MR) is 130 cm³/mol. The van der Waals surface area contributed by atoms with E-state index in [1.54, 1.807) is 12.1 Å². The van der Waals surface area contributed by atoms with E-state index < -0.39 is 5.97 Å². The number of carbonyl (C=O) groups is 2. The Labute approximate surface area is 203 Å². The highest BCUT2D eigenvalue weighted by molar-refractivity contribution is 6.42. The van der Waals surface area contributed by atoms with Crippen LogP contribution in [0.3, 0.4) is 0 Å². The van der Waals surface area contributed by atoms with E-state index >= 15 is 0 Å². The number of nitrogens with zero attached hydrogens (tertiary/aromatic N) is 1. The van der Waals surface area contributed by atoms with E-state index in [1.165, 1.54) is 0 Å². The van der Waals surface area contributed by atoms with Gasteiger partial charge in [0.1, 0.15) is 0 Å². The van der Waals surface area contributed by atoms with Gasteiger partial charge >= 0.3 is 12.0 Å². The number of amides is 2. The first-order chi connectivity index (χ1) is 15.3. The molecule has 6 nitrogen and oxygen atoms in total. The lowest BCUT2D eigenvalue weighted by Crippen LogP contribution is -2.37. The van der Waals surface area contributed by atoms with E-state index in [2.05, 4.69) is 22.5 Å². The third kappa shape index (κ3) is 9.25. The number of benzene rings is 2. The molecular weight excluding hydrogens is 473 g/mol. The fraction of sp³-hybridized carbons (Fsp3) is 0.391. The average molecular weight is 501 g/mol. The van der Waals surface area contributed by atoms with Crippen LogP contribution in [-0.4, -0.2) is 41.6 Å². The summed E-state index contributed by atoms with van der Waals surface area (Å²) in [6.45, 7) is 4.30. The summed E-state index contributed by atoms with van der Waals surface area (Å²) >= 11 is 17.9. The first kappa shape index (κ1) is 26.3. The Hall–Kier alpha value is -1.99. The van der Waals surface area contributed by atoms with Crippen LogP contribution in [-0.2, 0) is 11.3 Å². The molecule has 0 aromatic heterocycles. The summed E-state index contributed by atoms with van der Waals surface area (Å²) in [7, 11) is 0. The van der Waals surface area contributed by atoms with Crippen LogP contribution in [0.5, 0.6) is 0 Å². The van der Waals surface area contributed by atoms with Gasteiger partial charge in [0, 0.05) is 37.1 Å². The SMILES string of the molecule is CC(c1ccc(Cl)cc1)N(CCCNC(=O)NCc1ccc(Cl)c(Cl)c1)CCCC(=O)O. The predicted octanol–water partition coefficient (Wildman–Crippen LogP) is 5.76. The molecule has 2 aromatic carbocycles. The van der Waals surface area contributed by atoms with Crippen LogP contribution in [0.2, 0.25) is 15.1 Å². The van der Waals surface area contributed by atoms with E-state index in [9.17, 15) is 9.59 Å². The van der Waals surface area contributed by atoms with Crippen LogP contribution in [0, 0.1) is 0 Å². The summed E-state index contributed by atoms with van der Waals surface area (Å²) in [5.41, 5.74) is 1.97. The molecule has 0 fully saturated rings. The van der Waals surface area contributed by atoms with Gasteiger partial charge in [0.25, 0.3) is 0 Å². The lowest BCUT2D eigenvalue weighted by atomic mass is 10.1. The van der Waals surface area contributed by atoms with Gasteiger partial charge in [0.15, 0.2) is 0 Å². The number of hydrogen-bond acceptors (Lipinski definition) is 3. The Morgan fingerprint density at radius 2 is 1.66 bits per heavy atom. The lowest BCUT2D eigenvalue weighted by molar-refractivity contribution is -0.137. The van der Waals surface area contributed by atoms with Gasteiger partial charge in [-0.15, -0.1) is 0 Å². The number of rotatable bonds is 12. The normalized spacial score (nSPS) is 11.9. The molecule has 0 aliphatic heterocycles. The molecule has 0 saturated heterocycles. The molecule has 3 N–H and O–H groups in total. The zero-order valence-corrected chi connectivity index (χ0v) is 20.2. The van der Waals surface area contributed by atoms with E-state index in [4.69, 9.17) is 39.9 Å². The molecule has 0 spiro atoms. The fourth-order valence-electron chi connectivity index (χ4n) is 3.26. The Balaban J connectivity index is 1.80. The molecule has 0 radical (unpaired) electrons. The number of hydrogen-bond donors (Lipinski definition) is 3. The average Bonchev–Trinajstić information content (AvgIpc) is 2.76. The van der Waals surface area contributed by atoms with Crippen LogP contribution < -0.4 is 10.6 Å². The standard InChI is InChI=1S/C23H28Cl3N3O3/c1-16(18-6-8-19(24)9-7-18)29(12-2-4-22(30)31)13-3-11-27-23(32)28-15-17-5-10-20(25)21(26)14-17/h5-10,14,16H,2-4,11-13,15H2,1H3,(H,30,31)(H2,27,28,32). The third-order valence-electron chi connectivity index (χ3n) is 5.08. The summed E-state index contributed by atoms with van der Waals surface area (Å²) < 4.78 is 0. The number of carboxylic acids is 1. The van der Waals surface area contributed by atoms with Crippen molar-refractivity contribution in [3.8, 4) is 0 Å². The van der Waals surface area contributed by atoms with Gasteiger partial charge in [0.05, 0.1) is 10.0 Å². The summed E-state index contributed by atoms with van der Waals surface area (Å²) in [6.07, 6.45) is 1.41. The molecule has 1 atom stereocenters. The van der Waals surface area contributed by atoms with Crippen molar-refractivity contribution in [2.75, 3.05) is 19.6 Å². The van der Waals surface area contributed by atoms with Crippen LogP contribution in [0.1, 0.15) is 43.4 Å². The van der Waals surface area contributed by atoms with Crippen molar-refractivity contribution >= 4 is 46.8 Å². The van der Waals surface area contributed by atoms with Crippen LogP contribution in [0.4, 0.5) is 4.79 Å². The van der Waals surface area contributed by atoms with Gasteiger partial charge in [-0.05, 0) is 61.7 Å². The molecule has 0 bridgehead atoms. The molecule has 0 saturated carbocycles. The fourth-order valence-corrected chi connectivity index (χ4v) is 3.71. The maximum Gasteiger partial charge on any atom is 0.315 e. The molecule has 2 amide bonds. The maximum absolute atomic E-state index is 12.1. The number of urea groups is 1. The van der Waals surface area contributed by atoms with E-state index in [-0.39, 0.29) is 18.5 Å². The smallest absolute Gasteiger partial charge is 0.315 e. The zero-order chi connectivity index (χ0) is 23.5. The highest BCUT2D eigenvalue weighted by atomic mass is 35.5. The van der Waals surface area contributed by atoms with Crippen molar-refractivity contribution in [3.63, 3.8) is 0 Å². The van der Waals surface area contributed by atoms with Crippen LogP contribution in [0.25, 0.3) is 0 Å². The molecule has 2 aromatic rings. The summed E-state index contributed by atoms with van der Waals surface area (Å²) in [4.78, 5) is 25.2. The van der Waals surface area contributed by atoms with Gasteiger partial charge in [-0.1, -0.05) is 53.0 Å². The van der Waals surface area contributed by atoms with E-state index in [0.29, 0.717) is 41.1 Å². The zero-order valence-electron chi connectivity index (χ0n) is 17.9. The van der Waals surface area contributed by atoms with Crippen molar-refractivity contribution in [1.82, 2.24) is 15.5 Å². The molecule has 0 aliphatic carbocycles. The minimum absolute atomic E-state index is 0.101. The Bertz CT molecular complexity index is 894. The largest absolute Gasteiger partial charge is 0.481 e. The van der Waals surface area contributed by atoms with Crippen molar-refractivity contribution < 1.29 is 14.7 Å². The van der Waals surface area contributed by atoms with Gasteiger partial charge in [0.2, 0.25) is 0 Å². The second kappa shape index (κ2) is 13.5. The van der Waals surface area contributed by atoms with Crippen molar-refractivity contribution in [2.24, 2.45) is 0 Å². The van der Waals surface area contributed by atoms with Crippen molar-refractivity contribution in [1.29, 1.82) is 0 Å². The molecule has 32 heavy (non-hydrogen) atoms. The maximum atomic E-state index is 12.1.